The van der Waals surface area contributed by atoms with Gasteiger partial charge in [0.15, 0.2) is 0 Å². The Morgan fingerprint density at radius 3 is 2.50 bits per heavy atom. The van der Waals surface area contributed by atoms with Crippen molar-refractivity contribution < 1.29 is 9.53 Å². The Morgan fingerprint density at radius 1 is 1.13 bits per heavy atom. The Hall–Kier alpha value is -1.99. The number of carbonyl (C=O) groups excluding carboxylic acids is 1. The molecule has 0 radical (unpaired) electrons. The number of benzene rings is 2. The molecule has 1 amide bonds. The van der Waals surface area contributed by atoms with Crippen molar-refractivity contribution in [2.24, 2.45) is 0 Å². The highest BCUT2D eigenvalue weighted by Gasteiger charge is 2.28. The summed E-state index contributed by atoms with van der Waals surface area (Å²) in [5.74, 6) is -0.0714. The molecular formula is C24H25BrN2O2S. The van der Waals surface area contributed by atoms with Gasteiger partial charge in [0.2, 0.25) is 0 Å². The minimum Gasteiger partial charge on any atom is -0.379 e. The van der Waals surface area contributed by atoms with Gasteiger partial charge >= 0.3 is 0 Å². The maximum Gasteiger partial charge on any atom is 0.256 e. The molecule has 1 saturated heterocycles. The Kier molecular flexibility index (Phi) is 7.00. The lowest BCUT2D eigenvalue weighted by molar-refractivity contribution is 0.0241. The molecule has 4 rings (SSSR count). The van der Waals surface area contributed by atoms with Gasteiger partial charge in [0, 0.05) is 33.6 Å². The van der Waals surface area contributed by atoms with E-state index >= 15 is 0 Å². The summed E-state index contributed by atoms with van der Waals surface area (Å²) in [6.07, 6.45) is 0.940. The van der Waals surface area contributed by atoms with Gasteiger partial charge in [0.1, 0.15) is 5.00 Å². The van der Waals surface area contributed by atoms with Gasteiger partial charge in [-0.1, -0.05) is 53.2 Å². The molecule has 1 atom stereocenters. The third kappa shape index (κ3) is 4.83. The van der Waals surface area contributed by atoms with Crippen LogP contribution in [-0.4, -0.2) is 37.1 Å². The van der Waals surface area contributed by atoms with Crippen molar-refractivity contribution in [3.63, 3.8) is 0 Å². The number of rotatable bonds is 6. The topological polar surface area (TPSA) is 41.6 Å². The van der Waals surface area contributed by atoms with E-state index in [9.17, 15) is 4.79 Å². The van der Waals surface area contributed by atoms with Crippen molar-refractivity contribution in [2.75, 3.05) is 31.6 Å². The van der Waals surface area contributed by atoms with E-state index in [4.69, 9.17) is 4.74 Å². The van der Waals surface area contributed by atoms with Crippen LogP contribution in [0.5, 0.6) is 0 Å². The third-order valence-corrected chi connectivity index (χ3v) is 7.05. The van der Waals surface area contributed by atoms with E-state index in [1.54, 1.807) is 11.3 Å². The molecule has 2 heterocycles. The van der Waals surface area contributed by atoms with Crippen LogP contribution in [0, 0.1) is 0 Å². The SMILES string of the molecule is CCc1cc([C@@H](c2ccc(Br)cc2)N2CCOCC2)c(NC(=O)c2ccccc2)s1. The fourth-order valence-corrected chi connectivity index (χ4v) is 5.06. The summed E-state index contributed by atoms with van der Waals surface area (Å²) < 4.78 is 6.66. The van der Waals surface area contributed by atoms with Gasteiger partial charge in [0.05, 0.1) is 19.3 Å². The van der Waals surface area contributed by atoms with Crippen LogP contribution in [0.25, 0.3) is 0 Å². The summed E-state index contributed by atoms with van der Waals surface area (Å²) in [4.78, 5) is 16.6. The van der Waals surface area contributed by atoms with E-state index < -0.39 is 0 Å². The van der Waals surface area contributed by atoms with Gasteiger partial charge in [-0.05, 0) is 42.3 Å². The van der Waals surface area contributed by atoms with E-state index in [1.165, 1.54) is 10.4 Å². The molecule has 0 bridgehead atoms. The monoisotopic (exact) mass is 484 g/mol. The number of thiophene rings is 1. The van der Waals surface area contributed by atoms with Gasteiger partial charge in [-0.25, -0.2) is 0 Å². The summed E-state index contributed by atoms with van der Waals surface area (Å²) in [7, 11) is 0. The molecule has 0 unspecified atom stereocenters. The maximum absolute atomic E-state index is 12.9. The van der Waals surface area contributed by atoms with Crippen molar-refractivity contribution in [2.45, 2.75) is 19.4 Å². The molecular weight excluding hydrogens is 460 g/mol. The number of morpholine rings is 1. The zero-order chi connectivity index (χ0) is 20.9. The van der Waals surface area contributed by atoms with E-state index in [-0.39, 0.29) is 11.9 Å². The zero-order valence-electron chi connectivity index (χ0n) is 16.9. The highest BCUT2D eigenvalue weighted by atomic mass is 79.9. The number of hydrogen-bond donors (Lipinski definition) is 1. The quantitative estimate of drug-likeness (QED) is 0.484. The van der Waals surface area contributed by atoms with Crippen LogP contribution in [0.1, 0.15) is 39.3 Å². The fourth-order valence-electron chi connectivity index (χ4n) is 3.77. The average Bonchev–Trinajstić information content (AvgIpc) is 3.19. The molecule has 0 aliphatic carbocycles. The number of nitrogens with one attached hydrogen (secondary N) is 1. The lowest BCUT2D eigenvalue weighted by atomic mass is 9.97. The number of nitrogens with zero attached hydrogens (tertiary/aromatic N) is 1. The van der Waals surface area contributed by atoms with E-state index in [2.05, 4.69) is 63.4 Å². The number of amides is 1. The molecule has 1 N–H and O–H groups in total. The van der Waals surface area contributed by atoms with Crippen LogP contribution in [0.4, 0.5) is 5.00 Å². The number of hydrogen-bond acceptors (Lipinski definition) is 4. The number of ether oxygens (including phenoxy) is 1. The van der Waals surface area contributed by atoms with Gasteiger partial charge in [-0.15, -0.1) is 11.3 Å². The molecule has 1 aliphatic heterocycles. The van der Waals surface area contributed by atoms with Crippen LogP contribution in [0.2, 0.25) is 0 Å². The molecule has 2 aromatic carbocycles. The predicted molar refractivity (Wildman–Crippen MR) is 126 cm³/mol. The van der Waals surface area contributed by atoms with Crippen LogP contribution >= 0.6 is 27.3 Å². The summed E-state index contributed by atoms with van der Waals surface area (Å²) in [5.41, 5.74) is 3.04. The summed E-state index contributed by atoms with van der Waals surface area (Å²) >= 11 is 5.22. The molecule has 0 saturated carbocycles. The summed E-state index contributed by atoms with van der Waals surface area (Å²) in [5, 5.41) is 4.13. The first kappa shape index (κ1) is 21.2. The van der Waals surface area contributed by atoms with Gasteiger partial charge < -0.3 is 10.1 Å². The standard InChI is InChI=1S/C24H25BrN2O2S/c1-2-20-16-21(24(30-20)26-23(28)18-6-4-3-5-7-18)22(27-12-14-29-15-13-27)17-8-10-19(25)11-9-17/h3-11,16,22H,2,12-15H2,1H3,(H,26,28)/t22-/m1/s1. The number of anilines is 1. The first-order valence-electron chi connectivity index (χ1n) is 10.2. The molecule has 156 valence electrons. The lowest BCUT2D eigenvalue weighted by Gasteiger charge is -2.35. The van der Waals surface area contributed by atoms with Gasteiger partial charge in [-0.3, -0.25) is 9.69 Å². The molecule has 1 aromatic heterocycles. The van der Waals surface area contributed by atoms with Crippen LogP contribution < -0.4 is 5.32 Å². The third-order valence-electron chi connectivity index (χ3n) is 5.31. The first-order chi connectivity index (χ1) is 14.7. The van der Waals surface area contributed by atoms with E-state index in [0.717, 1.165) is 47.8 Å². The minimum atomic E-state index is -0.0714. The van der Waals surface area contributed by atoms with Gasteiger partial charge in [0.25, 0.3) is 5.91 Å². The van der Waals surface area contributed by atoms with Crippen molar-refractivity contribution >= 4 is 38.2 Å². The fraction of sp³-hybridized carbons (Fsp3) is 0.292. The molecule has 4 nitrogen and oxygen atoms in total. The number of aryl methyl sites for hydroxylation is 1. The first-order valence-corrected chi connectivity index (χ1v) is 11.8. The molecule has 3 aromatic rings. The van der Waals surface area contributed by atoms with Crippen LogP contribution in [-0.2, 0) is 11.2 Å². The molecule has 1 aliphatic rings. The second kappa shape index (κ2) is 9.88. The van der Waals surface area contributed by atoms with Crippen LogP contribution in [0.15, 0.2) is 65.1 Å². The maximum atomic E-state index is 12.9. The van der Waals surface area contributed by atoms with Gasteiger partial charge in [-0.2, -0.15) is 0 Å². The van der Waals surface area contributed by atoms with E-state index in [0.29, 0.717) is 5.56 Å². The second-order valence-corrected chi connectivity index (χ2v) is 9.33. The largest absolute Gasteiger partial charge is 0.379 e. The van der Waals surface area contributed by atoms with Crippen LogP contribution in [0.3, 0.4) is 0 Å². The Bertz CT molecular complexity index is 982. The normalized spacial score (nSPS) is 15.7. The molecule has 6 heteroatoms. The summed E-state index contributed by atoms with van der Waals surface area (Å²) in [6, 6.07) is 20.2. The Balaban J connectivity index is 1.73. The lowest BCUT2D eigenvalue weighted by Crippen LogP contribution is -2.39. The number of halogens is 1. The highest BCUT2D eigenvalue weighted by molar-refractivity contribution is 9.10. The summed E-state index contributed by atoms with van der Waals surface area (Å²) in [6.45, 7) is 5.34. The predicted octanol–water partition coefficient (Wildman–Crippen LogP) is 5.75. The number of carbonyl (C=O) groups is 1. The zero-order valence-corrected chi connectivity index (χ0v) is 19.3. The average molecular weight is 485 g/mol. The molecule has 0 spiro atoms. The smallest absolute Gasteiger partial charge is 0.256 e. The van der Waals surface area contributed by atoms with Crippen molar-refractivity contribution in [3.8, 4) is 0 Å². The van der Waals surface area contributed by atoms with E-state index in [1.807, 2.05) is 30.3 Å². The Labute approximate surface area is 190 Å². The second-order valence-electron chi connectivity index (χ2n) is 7.27. The molecule has 30 heavy (non-hydrogen) atoms. The van der Waals surface area contributed by atoms with Crippen molar-refractivity contribution in [1.82, 2.24) is 4.90 Å². The van der Waals surface area contributed by atoms with Crippen molar-refractivity contribution in [3.05, 3.63) is 86.7 Å². The molecule has 1 fully saturated rings. The Morgan fingerprint density at radius 2 is 1.83 bits per heavy atom. The minimum absolute atomic E-state index is 0.0714. The van der Waals surface area contributed by atoms with Crippen molar-refractivity contribution in [1.29, 1.82) is 0 Å². The highest BCUT2D eigenvalue weighted by Crippen LogP contribution is 2.40.